The minimum absolute atomic E-state index is 0.113. The van der Waals surface area contributed by atoms with Gasteiger partial charge in [0.1, 0.15) is 0 Å². The monoisotopic (exact) mass is 392 g/mol. The number of anilines is 1. The summed E-state index contributed by atoms with van der Waals surface area (Å²) >= 11 is 3.23. The van der Waals surface area contributed by atoms with E-state index in [4.69, 9.17) is 14.1 Å². The van der Waals surface area contributed by atoms with Gasteiger partial charge in [0.25, 0.3) is 5.91 Å². The number of carbonyl (C=O) groups excluding carboxylic acids is 1. The normalized spacial score (nSPS) is 17.7. The maximum atomic E-state index is 12.6. The Kier molecular flexibility index (Phi) is 4.24. The first-order valence-electron chi connectivity index (χ1n) is 7.93. The van der Waals surface area contributed by atoms with Gasteiger partial charge in [-0.25, -0.2) is 9.97 Å². The molecule has 24 heavy (non-hydrogen) atoms. The summed E-state index contributed by atoms with van der Waals surface area (Å²) in [5, 5.41) is 0. The molecule has 1 amide bonds. The van der Waals surface area contributed by atoms with Gasteiger partial charge in [0.15, 0.2) is 10.4 Å². The van der Waals surface area contributed by atoms with Crippen molar-refractivity contribution in [1.29, 1.82) is 0 Å². The summed E-state index contributed by atoms with van der Waals surface area (Å²) in [7, 11) is 0. The lowest BCUT2D eigenvalue weighted by molar-refractivity contribution is 0.0698. The van der Waals surface area contributed by atoms with E-state index in [-0.39, 0.29) is 5.91 Å². The van der Waals surface area contributed by atoms with E-state index in [1.807, 2.05) is 6.20 Å². The van der Waals surface area contributed by atoms with Crippen LogP contribution < -0.4 is 4.90 Å². The number of rotatable bonds is 2. The molecule has 0 bridgehead atoms. The maximum Gasteiger partial charge on any atom is 0.289 e. The van der Waals surface area contributed by atoms with Crippen molar-refractivity contribution in [3.8, 4) is 0 Å². The summed E-state index contributed by atoms with van der Waals surface area (Å²) in [6.45, 7) is 4.09. The summed E-state index contributed by atoms with van der Waals surface area (Å²) in [5.74, 6) is 0.942. The molecular formula is C16H17BrN4O3. The summed E-state index contributed by atoms with van der Waals surface area (Å²) < 4.78 is 11.3. The second kappa shape index (κ2) is 6.52. The van der Waals surface area contributed by atoms with Crippen molar-refractivity contribution < 1.29 is 13.9 Å². The van der Waals surface area contributed by atoms with Gasteiger partial charge < -0.3 is 19.0 Å². The van der Waals surface area contributed by atoms with Crippen LogP contribution in [0.25, 0.3) is 0 Å². The van der Waals surface area contributed by atoms with Crippen molar-refractivity contribution in [1.82, 2.24) is 14.9 Å². The zero-order valence-electron chi connectivity index (χ0n) is 13.1. The van der Waals surface area contributed by atoms with Crippen molar-refractivity contribution in [2.75, 3.05) is 37.7 Å². The van der Waals surface area contributed by atoms with Crippen LogP contribution in [-0.2, 0) is 17.7 Å². The fraction of sp³-hybridized carbons (Fsp3) is 0.438. The Bertz CT molecular complexity index is 758. The number of amides is 1. The van der Waals surface area contributed by atoms with E-state index in [1.54, 1.807) is 17.0 Å². The number of fused-ring (bicyclic) bond motifs is 1. The van der Waals surface area contributed by atoms with E-state index in [0.29, 0.717) is 42.7 Å². The van der Waals surface area contributed by atoms with Crippen molar-refractivity contribution >= 4 is 27.8 Å². The molecule has 2 aliphatic heterocycles. The van der Waals surface area contributed by atoms with E-state index < -0.39 is 0 Å². The molecule has 126 valence electrons. The first kappa shape index (κ1) is 15.6. The highest BCUT2D eigenvalue weighted by Crippen LogP contribution is 2.22. The number of aromatic nitrogens is 2. The van der Waals surface area contributed by atoms with Gasteiger partial charge >= 0.3 is 0 Å². The Morgan fingerprint density at radius 1 is 1.21 bits per heavy atom. The lowest BCUT2D eigenvalue weighted by atomic mass is 10.1. The van der Waals surface area contributed by atoms with Crippen molar-refractivity contribution in [3.05, 3.63) is 40.0 Å². The predicted octanol–water partition coefficient (Wildman–Crippen LogP) is 1.87. The number of carbonyl (C=O) groups is 1. The maximum absolute atomic E-state index is 12.6. The summed E-state index contributed by atoms with van der Waals surface area (Å²) in [4.78, 5) is 25.6. The van der Waals surface area contributed by atoms with Crippen LogP contribution in [0.3, 0.4) is 0 Å². The lowest BCUT2D eigenvalue weighted by Crippen LogP contribution is -2.39. The lowest BCUT2D eigenvalue weighted by Gasteiger charge is -2.30. The van der Waals surface area contributed by atoms with Crippen molar-refractivity contribution in [2.24, 2.45) is 0 Å². The second-order valence-corrected chi connectivity index (χ2v) is 6.60. The first-order chi connectivity index (χ1) is 11.7. The fourth-order valence-electron chi connectivity index (χ4n) is 2.97. The van der Waals surface area contributed by atoms with Crippen molar-refractivity contribution in [2.45, 2.75) is 13.0 Å². The SMILES string of the molecule is O=C(c1ccc(Br)o1)N1CCc2cnc(N3CCOCC3)nc2C1. The van der Waals surface area contributed by atoms with Crippen LogP contribution in [-0.4, -0.2) is 53.6 Å². The Morgan fingerprint density at radius 2 is 2.04 bits per heavy atom. The number of hydrogen-bond donors (Lipinski definition) is 0. The van der Waals surface area contributed by atoms with Crippen LogP contribution >= 0.6 is 15.9 Å². The summed E-state index contributed by atoms with van der Waals surface area (Å²) in [5.41, 5.74) is 2.02. The number of ether oxygens (including phenoxy) is 1. The minimum atomic E-state index is -0.113. The molecule has 2 aromatic rings. The fourth-order valence-corrected chi connectivity index (χ4v) is 3.27. The number of halogens is 1. The first-order valence-corrected chi connectivity index (χ1v) is 8.72. The van der Waals surface area contributed by atoms with E-state index in [9.17, 15) is 4.79 Å². The molecule has 2 aromatic heterocycles. The molecule has 1 fully saturated rings. The van der Waals surface area contributed by atoms with Crippen LogP contribution in [0.5, 0.6) is 0 Å². The Balaban J connectivity index is 1.53. The van der Waals surface area contributed by atoms with E-state index in [1.165, 1.54) is 0 Å². The van der Waals surface area contributed by atoms with Crippen LogP contribution in [0.4, 0.5) is 5.95 Å². The highest BCUT2D eigenvalue weighted by atomic mass is 79.9. The molecule has 0 atom stereocenters. The van der Waals surface area contributed by atoms with Gasteiger partial charge in [-0.3, -0.25) is 4.79 Å². The third kappa shape index (κ3) is 3.03. The molecule has 0 N–H and O–H groups in total. The number of nitrogens with zero attached hydrogens (tertiary/aromatic N) is 4. The van der Waals surface area contributed by atoms with E-state index >= 15 is 0 Å². The van der Waals surface area contributed by atoms with Crippen LogP contribution in [0.2, 0.25) is 0 Å². The van der Waals surface area contributed by atoms with E-state index in [2.05, 4.69) is 25.8 Å². The van der Waals surface area contributed by atoms with Crippen LogP contribution in [0.15, 0.2) is 27.4 Å². The molecule has 0 aliphatic carbocycles. The van der Waals surface area contributed by atoms with Gasteiger partial charge in [0.2, 0.25) is 5.95 Å². The van der Waals surface area contributed by atoms with Gasteiger partial charge in [0, 0.05) is 25.8 Å². The zero-order chi connectivity index (χ0) is 16.5. The molecule has 8 heteroatoms. The van der Waals surface area contributed by atoms with E-state index in [0.717, 1.165) is 30.8 Å². The molecule has 4 heterocycles. The molecule has 0 unspecified atom stereocenters. The standard InChI is InChI=1S/C16H17BrN4O3/c17-14-2-1-13(24-14)15(22)21-4-3-11-9-18-16(19-12(11)10-21)20-5-7-23-8-6-20/h1-2,9H,3-8,10H2. The van der Waals surface area contributed by atoms with Gasteiger partial charge in [-0.2, -0.15) is 0 Å². The average Bonchev–Trinajstić information content (AvgIpc) is 3.07. The molecule has 1 saturated heterocycles. The summed E-state index contributed by atoms with van der Waals surface area (Å²) in [6.07, 6.45) is 2.64. The minimum Gasteiger partial charge on any atom is -0.444 e. The largest absolute Gasteiger partial charge is 0.444 e. The van der Waals surface area contributed by atoms with Gasteiger partial charge in [-0.1, -0.05) is 0 Å². The molecule has 0 radical (unpaired) electrons. The smallest absolute Gasteiger partial charge is 0.289 e. The van der Waals surface area contributed by atoms with Gasteiger partial charge in [-0.15, -0.1) is 0 Å². The number of furan rings is 1. The average molecular weight is 393 g/mol. The Labute approximate surface area is 147 Å². The molecule has 0 aromatic carbocycles. The third-order valence-corrected chi connectivity index (χ3v) is 4.72. The zero-order valence-corrected chi connectivity index (χ0v) is 14.7. The molecule has 2 aliphatic rings. The van der Waals surface area contributed by atoms with Gasteiger partial charge in [0.05, 0.1) is 25.5 Å². The van der Waals surface area contributed by atoms with Crippen LogP contribution in [0, 0.1) is 0 Å². The summed E-state index contributed by atoms with van der Waals surface area (Å²) in [6, 6.07) is 3.41. The molecule has 0 saturated carbocycles. The van der Waals surface area contributed by atoms with Crippen molar-refractivity contribution in [3.63, 3.8) is 0 Å². The highest BCUT2D eigenvalue weighted by Gasteiger charge is 2.26. The molecular weight excluding hydrogens is 376 g/mol. The highest BCUT2D eigenvalue weighted by molar-refractivity contribution is 9.10. The predicted molar refractivity (Wildman–Crippen MR) is 89.9 cm³/mol. The quantitative estimate of drug-likeness (QED) is 0.776. The Hall–Kier alpha value is -1.93. The topological polar surface area (TPSA) is 71.7 Å². The number of hydrogen-bond acceptors (Lipinski definition) is 6. The number of morpholine rings is 1. The third-order valence-electron chi connectivity index (χ3n) is 4.30. The molecule has 4 rings (SSSR count). The van der Waals surface area contributed by atoms with Crippen LogP contribution in [0.1, 0.15) is 21.8 Å². The molecule has 0 spiro atoms. The second-order valence-electron chi connectivity index (χ2n) is 5.82. The van der Waals surface area contributed by atoms with Gasteiger partial charge in [-0.05, 0) is 40.0 Å². The Morgan fingerprint density at radius 3 is 2.79 bits per heavy atom. The molecule has 7 nitrogen and oxygen atoms in total.